The lowest BCUT2D eigenvalue weighted by Crippen LogP contribution is -2.60. The zero-order chi connectivity index (χ0) is 30.5. The number of ether oxygens (including phenoxy) is 1. The van der Waals surface area contributed by atoms with Crippen LogP contribution < -0.4 is 21.2 Å². The minimum absolute atomic E-state index is 0.0115. The Kier molecular flexibility index (Phi) is 13.0. The number of hydrogen-bond donors (Lipinski definition) is 1. The van der Waals surface area contributed by atoms with Crippen molar-refractivity contribution >= 4 is 41.7 Å². The summed E-state index contributed by atoms with van der Waals surface area (Å²) in [5.41, 5.74) is 0. The van der Waals surface area contributed by atoms with Crippen molar-refractivity contribution in [2.75, 3.05) is 13.2 Å². The summed E-state index contributed by atoms with van der Waals surface area (Å²) in [4.78, 5) is 30.4. The number of rotatable bonds is 9. The molecule has 1 unspecified atom stereocenters. The molecule has 1 aliphatic rings. The topological polar surface area (TPSA) is 71.0 Å². The minimum Gasteiger partial charge on any atom is -0.445 e. The maximum absolute atomic E-state index is 12.3. The van der Waals surface area contributed by atoms with E-state index in [9.17, 15) is 9.59 Å². The van der Waals surface area contributed by atoms with Gasteiger partial charge in [0, 0.05) is 0 Å². The minimum atomic E-state index is -0.504. The summed E-state index contributed by atoms with van der Waals surface area (Å²) in [6, 6.07) is 32.1. The van der Waals surface area contributed by atoms with Crippen molar-refractivity contribution in [3.05, 3.63) is 104 Å². The Hall–Kier alpha value is -3.76. The molecule has 2 atom stereocenters. The van der Waals surface area contributed by atoms with E-state index in [1.807, 2.05) is 6.92 Å². The van der Waals surface area contributed by atoms with Crippen molar-refractivity contribution in [3.63, 3.8) is 0 Å². The van der Waals surface area contributed by atoms with Crippen LogP contribution in [0, 0.1) is 11.8 Å². The molecule has 1 fully saturated rings. The van der Waals surface area contributed by atoms with Gasteiger partial charge in [-0.05, 0) is 49.0 Å². The van der Waals surface area contributed by atoms with Crippen molar-refractivity contribution < 1.29 is 14.3 Å². The SMILES string of the molecule is C=CCOC(=O)N1CC(=O)NC(=N[C@H](C)C(C)C)C1CC(C)C.c1ccc(P(c2ccccc2)c2ccccc2)cc1. The van der Waals surface area contributed by atoms with Gasteiger partial charge in [0.25, 0.3) is 0 Å². The lowest BCUT2D eigenvalue weighted by Gasteiger charge is -2.37. The van der Waals surface area contributed by atoms with E-state index in [1.165, 1.54) is 26.9 Å². The Labute approximate surface area is 252 Å². The number of aliphatic imine (C=N–C) groups is 1. The number of piperazine rings is 1. The van der Waals surface area contributed by atoms with Gasteiger partial charge in [0.2, 0.25) is 5.91 Å². The van der Waals surface area contributed by atoms with Crippen LogP contribution in [-0.2, 0) is 9.53 Å². The van der Waals surface area contributed by atoms with Crippen molar-refractivity contribution in [3.8, 4) is 0 Å². The van der Waals surface area contributed by atoms with Gasteiger partial charge in [-0.25, -0.2) is 4.79 Å². The van der Waals surface area contributed by atoms with Gasteiger partial charge < -0.3 is 10.1 Å². The number of nitrogens with one attached hydrogen (secondary N) is 1. The summed E-state index contributed by atoms with van der Waals surface area (Å²) in [5, 5.41) is 7.03. The third-order valence-corrected chi connectivity index (χ3v) is 9.32. The van der Waals surface area contributed by atoms with E-state index < -0.39 is 14.0 Å². The summed E-state index contributed by atoms with van der Waals surface area (Å²) >= 11 is 0. The normalized spacial score (nSPS) is 16.6. The van der Waals surface area contributed by atoms with Crippen LogP contribution in [0.5, 0.6) is 0 Å². The molecular formula is C35H44N3O3P. The van der Waals surface area contributed by atoms with Gasteiger partial charge in [-0.2, -0.15) is 0 Å². The van der Waals surface area contributed by atoms with Crippen LogP contribution in [0.15, 0.2) is 109 Å². The molecule has 2 amide bonds. The van der Waals surface area contributed by atoms with Gasteiger partial charge in [0.05, 0.1) is 12.1 Å². The Morgan fingerprint density at radius 2 is 1.40 bits per heavy atom. The van der Waals surface area contributed by atoms with Gasteiger partial charge in [-0.15, -0.1) is 0 Å². The van der Waals surface area contributed by atoms with Crippen LogP contribution in [-0.4, -0.2) is 48.0 Å². The second-order valence-electron chi connectivity index (χ2n) is 11.0. The third kappa shape index (κ3) is 9.66. The predicted octanol–water partition coefficient (Wildman–Crippen LogP) is 6.04. The summed E-state index contributed by atoms with van der Waals surface area (Å²) in [6.07, 6.45) is 1.72. The summed E-state index contributed by atoms with van der Waals surface area (Å²) in [5.74, 6) is 1.02. The number of amidine groups is 1. The number of amides is 2. The Balaban J connectivity index is 0.000000234. The van der Waals surface area contributed by atoms with Crippen LogP contribution in [0.4, 0.5) is 4.79 Å². The maximum atomic E-state index is 12.3. The molecule has 3 aromatic rings. The molecule has 42 heavy (non-hydrogen) atoms. The molecule has 1 N–H and O–H groups in total. The van der Waals surface area contributed by atoms with E-state index in [4.69, 9.17) is 4.74 Å². The molecule has 0 bridgehead atoms. The van der Waals surface area contributed by atoms with Crippen LogP contribution in [0.25, 0.3) is 0 Å². The molecule has 222 valence electrons. The van der Waals surface area contributed by atoms with E-state index in [2.05, 4.69) is 136 Å². The Morgan fingerprint density at radius 3 is 1.81 bits per heavy atom. The first-order valence-corrected chi connectivity index (χ1v) is 15.9. The predicted molar refractivity (Wildman–Crippen MR) is 177 cm³/mol. The van der Waals surface area contributed by atoms with E-state index in [0.717, 1.165) is 0 Å². The third-order valence-electron chi connectivity index (χ3n) is 6.88. The molecule has 4 rings (SSSR count). The van der Waals surface area contributed by atoms with Crippen LogP contribution in [0.3, 0.4) is 0 Å². The number of carbonyl (C=O) groups is 2. The highest BCUT2D eigenvalue weighted by atomic mass is 31.1. The molecular weight excluding hydrogens is 541 g/mol. The standard InChI is InChI=1S/C18H15P.C17H29N3O3/c1-4-10-16(11-5-1)19(17-12-6-2-7-13-17)18-14-8-3-9-15-18;1-7-8-23-17(22)20-10-15(21)19-16(14(20)9-11(2)3)18-13(6)12(4)5/h1-15H;7,11-14H,1,8-10H2,2-6H3,(H,18,19,21)/t;13-,14?/m.1/s1. The monoisotopic (exact) mass is 585 g/mol. The van der Waals surface area contributed by atoms with Crippen molar-refractivity contribution in [2.45, 2.75) is 53.1 Å². The molecule has 1 saturated heterocycles. The zero-order valence-electron chi connectivity index (χ0n) is 25.4. The average molecular weight is 586 g/mol. The van der Waals surface area contributed by atoms with E-state index in [1.54, 1.807) is 0 Å². The first-order chi connectivity index (χ1) is 20.2. The number of hydrogen-bond acceptors (Lipinski definition) is 4. The average Bonchev–Trinajstić information content (AvgIpc) is 2.99. The van der Waals surface area contributed by atoms with Crippen LogP contribution in [0.1, 0.15) is 41.0 Å². The lowest BCUT2D eigenvalue weighted by atomic mass is 9.99. The van der Waals surface area contributed by atoms with Gasteiger partial charge in [0.1, 0.15) is 19.0 Å². The quantitative estimate of drug-likeness (QED) is 0.246. The van der Waals surface area contributed by atoms with Crippen LogP contribution >= 0.6 is 7.92 Å². The second-order valence-corrected chi connectivity index (χ2v) is 13.2. The van der Waals surface area contributed by atoms with Crippen molar-refractivity contribution in [1.29, 1.82) is 0 Å². The van der Waals surface area contributed by atoms with Crippen molar-refractivity contribution in [1.82, 2.24) is 10.2 Å². The summed E-state index contributed by atoms with van der Waals surface area (Å²) in [7, 11) is -0.446. The highest BCUT2D eigenvalue weighted by Crippen LogP contribution is 2.32. The molecule has 0 spiro atoms. The summed E-state index contributed by atoms with van der Waals surface area (Å²) < 4.78 is 5.13. The molecule has 7 heteroatoms. The van der Waals surface area contributed by atoms with E-state index >= 15 is 0 Å². The van der Waals surface area contributed by atoms with E-state index in [0.29, 0.717) is 24.1 Å². The molecule has 1 heterocycles. The number of carbonyl (C=O) groups excluding carboxylic acids is 2. The Bertz CT molecular complexity index is 1200. The first-order valence-electron chi connectivity index (χ1n) is 14.6. The fourth-order valence-corrected chi connectivity index (χ4v) is 6.74. The molecule has 1 aliphatic heterocycles. The van der Waals surface area contributed by atoms with Crippen molar-refractivity contribution in [2.24, 2.45) is 16.8 Å². The largest absolute Gasteiger partial charge is 0.445 e. The highest BCUT2D eigenvalue weighted by molar-refractivity contribution is 7.79. The fourth-order valence-electron chi connectivity index (χ4n) is 4.43. The number of nitrogens with zero attached hydrogens (tertiary/aromatic N) is 2. The molecule has 0 saturated carbocycles. The first kappa shape index (κ1) is 32.8. The lowest BCUT2D eigenvalue weighted by molar-refractivity contribution is -0.122. The maximum Gasteiger partial charge on any atom is 0.411 e. The highest BCUT2D eigenvalue weighted by Gasteiger charge is 2.36. The van der Waals surface area contributed by atoms with Gasteiger partial charge >= 0.3 is 6.09 Å². The fraction of sp³-hybridized carbons (Fsp3) is 0.343. The molecule has 0 aliphatic carbocycles. The van der Waals surface area contributed by atoms with Gasteiger partial charge in [0.15, 0.2) is 0 Å². The molecule has 0 radical (unpaired) electrons. The smallest absolute Gasteiger partial charge is 0.411 e. The van der Waals surface area contributed by atoms with Crippen LogP contribution in [0.2, 0.25) is 0 Å². The zero-order valence-corrected chi connectivity index (χ0v) is 26.3. The molecule has 6 nitrogen and oxygen atoms in total. The second kappa shape index (κ2) is 16.6. The van der Waals surface area contributed by atoms with Gasteiger partial charge in [-0.3, -0.25) is 14.7 Å². The molecule has 3 aromatic carbocycles. The number of benzene rings is 3. The van der Waals surface area contributed by atoms with Gasteiger partial charge in [-0.1, -0.05) is 131 Å². The summed E-state index contributed by atoms with van der Waals surface area (Å²) in [6.45, 7) is 14.0. The van der Waals surface area contributed by atoms with E-state index in [-0.39, 0.29) is 31.1 Å². The Morgan fingerprint density at radius 1 is 0.929 bits per heavy atom. The molecule has 0 aromatic heterocycles.